The van der Waals surface area contributed by atoms with Gasteiger partial charge in [0.25, 0.3) is 0 Å². The molecule has 2 N–H and O–H groups in total. The Bertz CT molecular complexity index is 201. The molecular formula is C9H16N2OS. The number of nitrogens with zero attached hydrogens (tertiary/aromatic N) is 1. The summed E-state index contributed by atoms with van der Waals surface area (Å²) in [6, 6.07) is 0. The van der Waals surface area contributed by atoms with Crippen LogP contribution < -0.4 is 5.32 Å². The van der Waals surface area contributed by atoms with Crippen molar-refractivity contribution in [3.8, 4) is 0 Å². The average Bonchev–Trinajstić information content (AvgIpc) is 2.63. The van der Waals surface area contributed by atoms with Crippen molar-refractivity contribution in [2.24, 2.45) is 0 Å². The van der Waals surface area contributed by atoms with Gasteiger partial charge in [0, 0.05) is 24.7 Å². The maximum atomic E-state index is 8.54. The SMILES string of the molecule is OCCCCCNCc1nccs1. The van der Waals surface area contributed by atoms with E-state index in [4.69, 9.17) is 5.11 Å². The van der Waals surface area contributed by atoms with Crippen LogP contribution in [0.4, 0.5) is 0 Å². The Morgan fingerprint density at radius 1 is 1.38 bits per heavy atom. The fourth-order valence-electron chi connectivity index (χ4n) is 1.07. The highest BCUT2D eigenvalue weighted by Gasteiger charge is 1.93. The van der Waals surface area contributed by atoms with Crippen LogP contribution in [0.5, 0.6) is 0 Å². The zero-order chi connectivity index (χ0) is 9.36. The first-order chi connectivity index (χ1) is 6.43. The summed E-state index contributed by atoms with van der Waals surface area (Å²) in [6.07, 6.45) is 4.97. The predicted octanol–water partition coefficient (Wildman–Crippen LogP) is 1.40. The van der Waals surface area contributed by atoms with Gasteiger partial charge < -0.3 is 10.4 Å². The van der Waals surface area contributed by atoms with Crippen molar-refractivity contribution in [1.29, 1.82) is 0 Å². The minimum absolute atomic E-state index is 0.312. The molecule has 1 aromatic heterocycles. The first-order valence-corrected chi connectivity index (χ1v) is 5.51. The smallest absolute Gasteiger partial charge is 0.106 e. The van der Waals surface area contributed by atoms with Gasteiger partial charge >= 0.3 is 0 Å². The molecule has 0 saturated carbocycles. The van der Waals surface area contributed by atoms with Gasteiger partial charge in [-0.1, -0.05) is 0 Å². The summed E-state index contributed by atoms with van der Waals surface area (Å²) in [5.41, 5.74) is 0. The number of hydrogen-bond acceptors (Lipinski definition) is 4. The van der Waals surface area contributed by atoms with Gasteiger partial charge in [-0.25, -0.2) is 4.98 Å². The van der Waals surface area contributed by atoms with E-state index >= 15 is 0 Å². The highest BCUT2D eigenvalue weighted by molar-refractivity contribution is 7.09. The molecule has 3 nitrogen and oxygen atoms in total. The lowest BCUT2D eigenvalue weighted by atomic mass is 10.2. The van der Waals surface area contributed by atoms with Crippen molar-refractivity contribution in [2.75, 3.05) is 13.2 Å². The molecule has 0 atom stereocenters. The number of hydrogen-bond donors (Lipinski definition) is 2. The highest BCUT2D eigenvalue weighted by atomic mass is 32.1. The average molecular weight is 200 g/mol. The van der Waals surface area contributed by atoms with Crippen molar-refractivity contribution >= 4 is 11.3 Å². The van der Waals surface area contributed by atoms with E-state index in [2.05, 4.69) is 10.3 Å². The lowest BCUT2D eigenvalue weighted by Crippen LogP contribution is -2.14. The van der Waals surface area contributed by atoms with E-state index in [1.165, 1.54) is 0 Å². The summed E-state index contributed by atoms with van der Waals surface area (Å²) in [6.45, 7) is 2.20. The molecule has 4 heteroatoms. The molecule has 0 aliphatic carbocycles. The summed E-state index contributed by atoms with van der Waals surface area (Å²) in [7, 11) is 0. The van der Waals surface area contributed by atoms with Crippen LogP contribution in [0.25, 0.3) is 0 Å². The van der Waals surface area contributed by atoms with Crippen LogP contribution in [0.15, 0.2) is 11.6 Å². The summed E-state index contributed by atoms with van der Waals surface area (Å²) in [5, 5.41) is 15.0. The van der Waals surface area contributed by atoms with Gasteiger partial charge in [-0.2, -0.15) is 0 Å². The molecule has 0 aromatic carbocycles. The number of unbranched alkanes of at least 4 members (excludes halogenated alkanes) is 2. The Labute approximate surface area is 82.8 Å². The van der Waals surface area contributed by atoms with Crippen LogP contribution in [0.3, 0.4) is 0 Å². The standard InChI is InChI=1S/C9H16N2OS/c12-6-3-1-2-4-10-8-9-11-5-7-13-9/h5,7,10,12H,1-4,6,8H2. The lowest BCUT2D eigenvalue weighted by molar-refractivity contribution is 0.283. The molecular weight excluding hydrogens is 184 g/mol. The molecule has 0 aliphatic heterocycles. The zero-order valence-corrected chi connectivity index (χ0v) is 8.52. The van der Waals surface area contributed by atoms with E-state index in [0.29, 0.717) is 6.61 Å². The van der Waals surface area contributed by atoms with Crippen molar-refractivity contribution in [2.45, 2.75) is 25.8 Å². The van der Waals surface area contributed by atoms with Gasteiger partial charge in [0.2, 0.25) is 0 Å². The normalized spacial score (nSPS) is 10.5. The molecule has 1 rings (SSSR count). The van der Waals surface area contributed by atoms with Gasteiger partial charge in [-0.3, -0.25) is 0 Å². The van der Waals surface area contributed by atoms with E-state index in [1.54, 1.807) is 11.3 Å². The Kier molecular flexibility index (Phi) is 5.73. The summed E-state index contributed by atoms with van der Waals surface area (Å²) >= 11 is 1.68. The van der Waals surface area contributed by atoms with E-state index in [0.717, 1.165) is 37.4 Å². The predicted molar refractivity (Wildman–Crippen MR) is 54.8 cm³/mol. The molecule has 1 aromatic rings. The molecule has 1 heterocycles. The van der Waals surface area contributed by atoms with Gasteiger partial charge in [-0.05, 0) is 25.8 Å². The summed E-state index contributed by atoms with van der Waals surface area (Å²) in [5.74, 6) is 0. The second kappa shape index (κ2) is 7.00. The summed E-state index contributed by atoms with van der Waals surface area (Å²) < 4.78 is 0. The van der Waals surface area contributed by atoms with Crippen LogP contribution in [-0.2, 0) is 6.54 Å². The minimum atomic E-state index is 0.312. The molecule has 0 bridgehead atoms. The first kappa shape index (κ1) is 10.6. The highest BCUT2D eigenvalue weighted by Crippen LogP contribution is 2.02. The molecule has 0 unspecified atom stereocenters. The number of aliphatic hydroxyl groups excluding tert-OH is 1. The van der Waals surface area contributed by atoms with E-state index in [1.807, 2.05) is 11.6 Å². The Hall–Kier alpha value is -0.450. The van der Waals surface area contributed by atoms with Crippen LogP contribution >= 0.6 is 11.3 Å². The van der Waals surface area contributed by atoms with Gasteiger partial charge in [0.1, 0.15) is 5.01 Å². The number of aliphatic hydroxyl groups is 1. The molecule has 0 amide bonds. The first-order valence-electron chi connectivity index (χ1n) is 4.63. The van der Waals surface area contributed by atoms with Gasteiger partial charge in [-0.15, -0.1) is 11.3 Å². The number of thiazole rings is 1. The monoisotopic (exact) mass is 200 g/mol. The molecule has 0 saturated heterocycles. The molecule has 0 aliphatic rings. The summed E-state index contributed by atoms with van der Waals surface area (Å²) in [4.78, 5) is 4.17. The maximum absolute atomic E-state index is 8.54. The van der Waals surface area contributed by atoms with E-state index in [-0.39, 0.29) is 0 Å². The van der Waals surface area contributed by atoms with Crippen molar-refractivity contribution < 1.29 is 5.11 Å². The maximum Gasteiger partial charge on any atom is 0.106 e. The Morgan fingerprint density at radius 3 is 3.00 bits per heavy atom. The molecule has 0 fully saturated rings. The molecule has 13 heavy (non-hydrogen) atoms. The number of aromatic nitrogens is 1. The minimum Gasteiger partial charge on any atom is -0.396 e. The van der Waals surface area contributed by atoms with Gasteiger partial charge in [0.15, 0.2) is 0 Å². The second-order valence-corrected chi connectivity index (χ2v) is 3.87. The lowest BCUT2D eigenvalue weighted by Gasteiger charge is -2.01. The van der Waals surface area contributed by atoms with Crippen LogP contribution in [0, 0.1) is 0 Å². The third-order valence-corrected chi connectivity index (χ3v) is 2.55. The zero-order valence-electron chi connectivity index (χ0n) is 7.70. The topological polar surface area (TPSA) is 45.1 Å². The molecule has 0 spiro atoms. The van der Waals surface area contributed by atoms with Crippen molar-refractivity contribution in [3.63, 3.8) is 0 Å². The van der Waals surface area contributed by atoms with Crippen LogP contribution in [0.1, 0.15) is 24.3 Å². The van der Waals surface area contributed by atoms with Crippen molar-refractivity contribution in [1.82, 2.24) is 10.3 Å². The van der Waals surface area contributed by atoms with E-state index < -0.39 is 0 Å². The Balaban J connectivity index is 1.90. The Morgan fingerprint density at radius 2 is 2.31 bits per heavy atom. The number of nitrogens with one attached hydrogen (secondary N) is 1. The fourth-order valence-corrected chi connectivity index (χ4v) is 1.66. The quantitative estimate of drug-likeness (QED) is 0.654. The second-order valence-electron chi connectivity index (χ2n) is 2.89. The van der Waals surface area contributed by atoms with Gasteiger partial charge in [0.05, 0.1) is 0 Å². The number of rotatable bonds is 7. The molecule has 0 radical (unpaired) electrons. The third-order valence-electron chi connectivity index (χ3n) is 1.77. The fraction of sp³-hybridized carbons (Fsp3) is 0.667. The molecule has 74 valence electrons. The van der Waals surface area contributed by atoms with Crippen molar-refractivity contribution in [3.05, 3.63) is 16.6 Å². The van der Waals surface area contributed by atoms with Crippen LogP contribution in [-0.4, -0.2) is 23.2 Å². The van der Waals surface area contributed by atoms with E-state index in [9.17, 15) is 0 Å². The van der Waals surface area contributed by atoms with Crippen LogP contribution in [0.2, 0.25) is 0 Å². The largest absolute Gasteiger partial charge is 0.396 e. The third kappa shape index (κ3) is 4.98.